The minimum atomic E-state index is -3.89. The molecule has 8 heteroatoms. The van der Waals surface area contributed by atoms with Gasteiger partial charge in [-0.3, -0.25) is 9.40 Å². The quantitative estimate of drug-likeness (QED) is 0.847. The third-order valence-electron chi connectivity index (χ3n) is 2.83. The van der Waals surface area contributed by atoms with Crippen molar-refractivity contribution in [1.82, 2.24) is 9.78 Å². The molecule has 1 heterocycles. The molecule has 0 fully saturated rings. The van der Waals surface area contributed by atoms with Gasteiger partial charge in [-0.05, 0) is 31.0 Å². The normalized spacial score (nSPS) is 11.6. The summed E-state index contributed by atoms with van der Waals surface area (Å²) in [6.45, 7) is 2.12. The van der Waals surface area contributed by atoms with E-state index in [1.54, 1.807) is 13.0 Å². The van der Waals surface area contributed by atoms with Gasteiger partial charge in [0, 0.05) is 19.3 Å². The van der Waals surface area contributed by atoms with Gasteiger partial charge in [0.2, 0.25) is 0 Å². The second-order valence-corrected chi connectivity index (χ2v) is 6.29. The van der Waals surface area contributed by atoms with E-state index in [2.05, 4.69) is 9.82 Å². The van der Waals surface area contributed by atoms with Crippen molar-refractivity contribution < 1.29 is 17.9 Å². The van der Waals surface area contributed by atoms with Crippen LogP contribution in [0.4, 0.5) is 10.1 Å². The molecule has 21 heavy (non-hydrogen) atoms. The monoisotopic (exact) mass is 313 g/mol. The van der Waals surface area contributed by atoms with E-state index in [-0.39, 0.29) is 17.2 Å². The number of benzene rings is 1. The number of nitrogens with one attached hydrogen (secondary N) is 1. The fraction of sp³-hybridized carbons (Fsp3) is 0.308. The Kier molecular flexibility index (Phi) is 4.59. The van der Waals surface area contributed by atoms with Crippen LogP contribution in [-0.2, 0) is 16.6 Å². The Morgan fingerprint density at radius 2 is 2.19 bits per heavy atom. The van der Waals surface area contributed by atoms with Gasteiger partial charge in [-0.15, -0.1) is 0 Å². The Balaban J connectivity index is 2.19. The highest BCUT2D eigenvalue weighted by molar-refractivity contribution is 7.92. The lowest BCUT2D eigenvalue weighted by Crippen LogP contribution is -2.13. The lowest BCUT2D eigenvalue weighted by Gasteiger charge is -2.07. The first-order valence-electron chi connectivity index (χ1n) is 6.34. The first-order valence-corrected chi connectivity index (χ1v) is 7.83. The maximum atomic E-state index is 13.7. The number of sulfonamides is 1. The van der Waals surface area contributed by atoms with Gasteiger partial charge < -0.3 is 5.11 Å². The fourth-order valence-corrected chi connectivity index (χ4v) is 2.76. The molecule has 0 amide bonds. The van der Waals surface area contributed by atoms with Crippen molar-refractivity contribution in [2.45, 2.75) is 24.8 Å². The molecule has 6 nitrogen and oxygen atoms in total. The summed E-state index contributed by atoms with van der Waals surface area (Å²) in [5.41, 5.74) is 0.593. The van der Waals surface area contributed by atoms with Gasteiger partial charge in [-0.1, -0.05) is 6.07 Å². The van der Waals surface area contributed by atoms with Crippen molar-refractivity contribution in [3.63, 3.8) is 0 Å². The molecule has 2 aromatic rings. The van der Waals surface area contributed by atoms with Crippen LogP contribution in [0.25, 0.3) is 0 Å². The van der Waals surface area contributed by atoms with E-state index >= 15 is 0 Å². The highest BCUT2D eigenvalue weighted by Gasteiger charge is 2.18. The van der Waals surface area contributed by atoms with Gasteiger partial charge in [-0.2, -0.15) is 5.10 Å². The number of aryl methyl sites for hydroxylation is 2. The highest BCUT2D eigenvalue weighted by Crippen LogP contribution is 2.19. The lowest BCUT2D eigenvalue weighted by atomic mass is 10.2. The molecule has 0 bridgehead atoms. The van der Waals surface area contributed by atoms with Gasteiger partial charge in [0.05, 0.1) is 11.9 Å². The number of hydrogen-bond acceptors (Lipinski definition) is 4. The summed E-state index contributed by atoms with van der Waals surface area (Å²) in [4.78, 5) is -0.0552. The van der Waals surface area contributed by atoms with E-state index in [0.717, 1.165) is 0 Å². The fourth-order valence-electron chi connectivity index (χ4n) is 1.74. The summed E-state index contributed by atoms with van der Waals surface area (Å²) in [5, 5.41) is 12.6. The molecule has 1 aromatic carbocycles. The molecule has 0 radical (unpaired) electrons. The zero-order valence-electron chi connectivity index (χ0n) is 11.5. The van der Waals surface area contributed by atoms with Crippen molar-refractivity contribution in [3.05, 3.63) is 42.0 Å². The van der Waals surface area contributed by atoms with E-state index in [9.17, 15) is 12.8 Å². The van der Waals surface area contributed by atoms with Crippen LogP contribution < -0.4 is 4.72 Å². The van der Waals surface area contributed by atoms with Crippen LogP contribution >= 0.6 is 0 Å². The number of hydrogen-bond donors (Lipinski definition) is 2. The molecule has 0 spiro atoms. The van der Waals surface area contributed by atoms with Crippen LogP contribution in [0, 0.1) is 12.7 Å². The van der Waals surface area contributed by atoms with E-state index < -0.39 is 15.8 Å². The first kappa shape index (κ1) is 15.5. The number of aromatic nitrogens is 2. The van der Waals surface area contributed by atoms with E-state index in [1.807, 2.05) is 0 Å². The van der Waals surface area contributed by atoms with Crippen LogP contribution in [0.15, 0.2) is 35.5 Å². The van der Waals surface area contributed by atoms with Crippen molar-refractivity contribution in [2.24, 2.45) is 0 Å². The largest absolute Gasteiger partial charge is 0.396 e. The van der Waals surface area contributed by atoms with Gasteiger partial charge in [0.1, 0.15) is 10.7 Å². The van der Waals surface area contributed by atoms with Crippen LogP contribution in [0.5, 0.6) is 0 Å². The molecular weight excluding hydrogens is 297 g/mol. The standard InChI is InChI=1S/C13H16FN3O3S/c1-10-3-4-13(12(14)7-10)16-21(19,20)11-8-15-17(9-11)5-2-6-18/h3-4,7-9,16,18H,2,5-6H2,1H3. The van der Waals surface area contributed by atoms with Gasteiger partial charge in [0.25, 0.3) is 10.0 Å². The number of aliphatic hydroxyl groups is 1. The topological polar surface area (TPSA) is 84.2 Å². The number of nitrogens with zero attached hydrogens (tertiary/aromatic N) is 2. The van der Waals surface area contributed by atoms with E-state index in [1.165, 1.54) is 29.2 Å². The molecule has 0 unspecified atom stereocenters. The van der Waals surface area contributed by atoms with Crippen LogP contribution in [0.1, 0.15) is 12.0 Å². The molecular formula is C13H16FN3O3S. The summed E-state index contributed by atoms with van der Waals surface area (Å²) in [6.07, 6.45) is 3.00. The van der Waals surface area contributed by atoms with Crippen LogP contribution in [0.2, 0.25) is 0 Å². The molecule has 1 aromatic heterocycles. The lowest BCUT2D eigenvalue weighted by molar-refractivity contribution is 0.277. The molecule has 0 aliphatic carbocycles. The zero-order valence-corrected chi connectivity index (χ0v) is 12.3. The van der Waals surface area contributed by atoms with E-state index in [4.69, 9.17) is 5.11 Å². The molecule has 2 rings (SSSR count). The Morgan fingerprint density at radius 3 is 2.86 bits per heavy atom. The van der Waals surface area contributed by atoms with Crippen molar-refractivity contribution in [2.75, 3.05) is 11.3 Å². The maximum absolute atomic E-state index is 13.7. The third-order valence-corrected chi connectivity index (χ3v) is 4.15. The molecule has 0 aliphatic heterocycles. The molecule has 0 saturated carbocycles. The average molecular weight is 313 g/mol. The average Bonchev–Trinajstić information content (AvgIpc) is 2.89. The third kappa shape index (κ3) is 3.79. The van der Waals surface area contributed by atoms with Gasteiger partial charge in [0.15, 0.2) is 0 Å². The van der Waals surface area contributed by atoms with E-state index in [0.29, 0.717) is 18.5 Å². The number of aliphatic hydroxyl groups excluding tert-OH is 1. The second kappa shape index (κ2) is 6.23. The summed E-state index contributed by atoms with van der Waals surface area (Å²) in [6, 6.07) is 4.24. The minimum absolute atomic E-state index is 0.00519. The predicted molar refractivity (Wildman–Crippen MR) is 75.9 cm³/mol. The van der Waals surface area contributed by atoms with Crippen LogP contribution in [0.3, 0.4) is 0 Å². The Bertz CT molecular complexity index is 728. The smallest absolute Gasteiger partial charge is 0.265 e. The molecule has 0 aliphatic rings. The number of anilines is 1. The van der Waals surface area contributed by atoms with Crippen molar-refractivity contribution in [3.8, 4) is 0 Å². The second-order valence-electron chi connectivity index (χ2n) is 4.61. The zero-order chi connectivity index (χ0) is 15.5. The van der Waals surface area contributed by atoms with Crippen LogP contribution in [-0.4, -0.2) is 29.9 Å². The predicted octanol–water partition coefficient (Wildman–Crippen LogP) is 1.51. The van der Waals surface area contributed by atoms with Crippen molar-refractivity contribution in [1.29, 1.82) is 0 Å². The summed E-state index contributed by atoms with van der Waals surface area (Å²) in [7, 11) is -3.89. The van der Waals surface area contributed by atoms with Gasteiger partial charge in [-0.25, -0.2) is 12.8 Å². The Labute approximate surface area is 122 Å². The highest BCUT2D eigenvalue weighted by atomic mass is 32.2. The SMILES string of the molecule is Cc1ccc(NS(=O)(=O)c2cnn(CCCO)c2)c(F)c1. The summed E-state index contributed by atoms with van der Waals surface area (Å²) < 4.78 is 41.6. The van der Waals surface area contributed by atoms with Crippen molar-refractivity contribution >= 4 is 15.7 Å². The molecule has 2 N–H and O–H groups in total. The molecule has 0 atom stereocenters. The molecule has 114 valence electrons. The summed E-state index contributed by atoms with van der Waals surface area (Å²) >= 11 is 0. The first-order chi connectivity index (χ1) is 9.92. The number of halogens is 1. The maximum Gasteiger partial charge on any atom is 0.265 e. The number of rotatable bonds is 6. The summed E-state index contributed by atoms with van der Waals surface area (Å²) in [5.74, 6) is -0.633. The Hall–Kier alpha value is -1.93. The minimum Gasteiger partial charge on any atom is -0.396 e. The molecule has 0 saturated heterocycles. The van der Waals surface area contributed by atoms with Gasteiger partial charge >= 0.3 is 0 Å². The Morgan fingerprint density at radius 1 is 1.43 bits per heavy atom.